The van der Waals surface area contributed by atoms with E-state index in [-0.39, 0.29) is 11.7 Å². The number of halogens is 1. The lowest BCUT2D eigenvalue weighted by atomic mass is 9.93. The van der Waals surface area contributed by atoms with E-state index < -0.39 is 0 Å². The molecule has 1 fully saturated rings. The molecule has 2 aromatic rings. The van der Waals surface area contributed by atoms with Crippen molar-refractivity contribution in [2.24, 2.45) is 5.92 Å². The summed E-state index contributed by atoms with van der Waals surface area (Å²) in [5.74, 6) is 0.965. The minimum absolute atomic E-state index is 0.0236. The number of ether oxygens (including phenoxy) is 1. The number of piperidine rings is 1. The Morgan fingerprint density at radius 3 is 2.38 bits per heavy atom. The average Bonchev–Trinajstić information content (AvgIpc) is 2.69. The van der Waals surface area contributed by atoms with Crippen molar-refractivity contribution in [3.63, 3.8) is 0 Å². The van der Waals surface area contributed by atoms with Crippen LogP contribution in [-0.2, 0) is 0 Å². The van der Waals surface area contributed by atoms with Crippen molar-refractivity contribution in [2.75, 3.05) is 19.7 Å². The van der Waals surface area contributed by atoms with Crippen molar-refractivity contribution in [3.8, 4) is 11.8 Å². The van der Waals surface area contributed by atoms with Gasteiger partial charge < -0.3 is 9.64 Å². The minimum Gasteiger partial charge on any atom is -0.494 e. The van der Waals surface area contributed by atoms with E-state index in [0.29, 0.717) is 29.4 Å². The molecule has 2 aromatic carbocycles. The molecular formula is C21H21FN2O2. The van der Waals surface area contributed by atoms with Gasteiger partial charge >= 0.3 is 0 Å². The fourth-order valence-electron chi connectivity index (χ4n) is 3.17. The van der Waals surface area contributed by atoms with Crippen molar-refractivity contribution >= 4 is 5.91 Å². The fraction of sp³-hybridized carbons (Fsp3) is 0.333. The van der Waals surface area contributed by atoms with Gasteiger partial charge in [-0.25, -0.2) is 4.39 Å². The molecule has 134 valence electrons. The maximum absolute atomic E-state index is 12.9. The summed E-state index contributed by atoms with van der Waals surface area (Å²) in [7, 11) is 0. The summed E-state index contributed by atoms with van der Waals surface area (Å²) in [6.45, 7) is 2.07. The van der Waals surface area contributed by atoms with Gasteiger partial charge in [-0.2, -0.15) is 5.26 Å². The molecule has 0 bridgehead atoms. The van der Waals surface area contributed by atoms with E-state index in [1.54, 1.807) is 36.4 Å². The van der Waals surface area contributed by atoms with E-state index >= 15 is 0 Å². The highest BCUT2D eigenvalue weighted by atomic mass is 19.1. The largest absolute Gasteiger partial charge is 0.494 e. The zero-order valence-electron chi connectivity index (χ0n) is 14.5. The summed E-state index contributed by atoms with van der Waals surface area (Å²) in [6, 6.07) is 14.9. The number of carbonyl (C=O) groups is 1. The normalized spacial score (nSPS) is 14.7. The summed E-state index contributed by atoms with van der Waals surface area (Å²) in [6.07, 6.45) is 2.83. The summed E-state index contributed by atoms with van der Waals surface area (Å²) < 4.78 is 18.5. The first kappa shape index (κ1) is 17.9. The van der Waals surface area contributed by atoms with Crippen LogP contribution in [0.3, 0.4) is 0 Å². The topological polar surface area (TPSA) is 53.3 Å². The first-order chi connectivity index (χ1) is 12.7. The Morgan fingerprint density at radius 2 is 1.77 bits per heavy atom. The monoisotopic (exact) mass is 352 g/mol. The van der Waals surface area contributed by atoms with Crippen LogP contribution in [0.15, 0.2) is 48.5 Å². The smallest absolute Gasteiger partial charge is 0.253 e. The van der Waals surface area contributed by atoms with E-state index in [1.807, 2.05) is 4.90 Å². The Kier molecular flexibility index (Phi) is 5.85. The number of nitriles is 1. The molecule has 0 N–H and O–H groups in total. The number of likely N-dealkylation sites (tertiary alicyclic amines) is 1. The number of amides is 1. The molecule has 1 saturated heterocycles. The summed E-state index contributed by atoms with van der Waals surface area (Å²) >= 11 is 0. The molecule has 0 radical (unpaired) electrons. The van der Waals surface area contributed by atoms with Crippen molar-refractivity contribution in [1.82, 2.24) is 4.90 Å². The third-order valence-corrected chi connectivity index (χ3v) is 4.77. The molecule has 0 unspecified atom stereocenters. The molecule has 0 spiro atoms. The maximum Gasteiger partial charge on any atom is 0.253 e. The quantitative estimate of drug-likeness (QED) is 0.817. The van der Waals surface area contributed by atoms with Crippen LogP contribution in [0.4, 0.5) is 4.39 Å². The molecule has 0 saturated carbocycles. The zero-order valence-corrected chi connectivity index (χ0v) is 14.5. The Hall–Kier alpha value is -2.87. The van der Waals surface area contributed by atoms with E-state index in [2.05, 4.69) is 6.07 Å². The molecule has 1 aliphatic heterocycles. The Morgan fingerprint density at radius 1 is 1.12 bits per heavy atom. The number of carbonyl (C=O) groups excluding carboxylic acids is 1. The van der Waals surface area contributed by atoms with Crippen LogP contribution in [0.5, 0.6) is 5.75 Å². The molecule has 5 heteroatoms. The number of benzene rings is 2. The SMILES string of the molecule is N#Cc1ccc(C(=O)N2CCC(CCOc3ccc(F)cc3)CC2)cc1. The predicted octanol–water partition coefficient (Wildman–Crippen LogP) is 4.02. The summed E-state index contributed by atoms with van der Waals surface area (Å²) in [4.78, 5) is 14.4. The standard InChI is InChI=1S/C21H21FN2O2/c22-19-5-7-20(8-6-19)26-14-11-16-9-12-24(13-10-16)21(25)18-3-1-17(15-23)2-4-18/h1-8,16H,9-14H2. The van der Waals surface area contributed by atoms with E-state index in [1.165, 1.54) is 12.1 Å². The fourth-order valence-corrected chi connectivity index (χ4v) is 3.17. The number of hydrogen-bond acceptors (Lipinski definition) is 3. The molecule has 1 amide bonds. The van der Waals surface area contributed by atoms with Gasteiger partial charge in [-0.1, -0.05) is 0 Å². The number of nitrogens with zero attached hydrogens (tertiary/aromatic N) is 2. The molecule has 3 rings (SSSR count). The molecule has 0 aliphatic carbocycles. The molecular weight excluding hydrogens is 331 g/mol. The van der Waals surface area contributed by atoms with Gasteiger partial charge in [0, 0.05) is 18.7 Å². The highest BCUT2D eigenvalue weighted by molar-refractivity contribution is 5.94. The van der Waals surface area contributed by atoms with Crippen LogP contribution in [0, 0.1) is 23.1 Å². The molecule has 4 nitrogen and oxygen atoms in total. The second kappa shape index (κ2) is 8.48. The first-order valence-electron chi connectivity index (χ1n) is 8.83. The lowest BCUT2D eigenvalue weighted by molar-refractivity contribution is 0.0680. The van der Waals surface area contributed by atoms with Crippen LogP contribution in [0.25, 0.3) is 0 Å². The van der Waals surface area contributed by atoms with Gasteiger partial charge in [0.15, 0.2) is 0 Å². The van der Waals surface area contributed by atoms with Crippen molar-refractivity contribution in [1.29, 1.82) is 5.26 Å². The molecule has 1 heterocycles. The first-order valence-corrected chi connectivity index (χ1v) is 8.83. The van der Waals surface area contributed by atoms with Crippen LogP contribution < -0.4 is 4.74 Å². The summed E-state index contributed by atoms with van der Waals surface area (Å²) in [5, 5.41) is 8.83. The Balaban J connectivity index is 1.42. The van der Waals surface area contributed by atoms with Crippen molar-refractivity contribution < 1.29 is 13.9 Å². The highest BCUT2D eigenvalue weighted by Gasteiger charge is 2.23. The van der Waals surface area contributed by atoms with Crippen LogP contribution in [0.1, 0.15) is 35.2 Å². The second-order valence-electron chi connectivity index (χ2n) is 6.52. The van der Waals surface area contributed by atoms with Gasteiger partial charge in [0.2, 0.25) is 0 Å². The van der Waals surface area contributed by atoms with Gasteiger partial charge in [0.05, 0.1) is 18.2 Å². The van der Waals surface area contributed by atoms with Crippen LogP contribution in [0.2, 0.25) is 0 Å². The maximum atomic E-state index is 12.9. The van der Waals surface area contributed by atoms with E-state index in [4.69, 9.17) is 10.00 Å². The summed E-state index contributed by atoms with van der Waals surface area (Å²) in [5.41, 5.74) is 1.18. The van der Waals surface area contributed by atoms with Gasteiger partial charge in [-0.15, -0.1) is 0 Å². The number of hydrogen-bond donors (Lipinski definition) is 0. The van der Waals surface area contributed by atoms with E-state index in [0.717, 1.165) is 32.4 Å². The third-order valence-electron chi connectivity index (χ3n) is 4.77. The van der Waals surface area contributed by atoms with E-state index in [9.17, 15) is 9.18 Å². The van der Waals surface area contributed by atoms with Crippen molar-refractivity contribution in [2.45, 2.75) is 19.3 Å². The number of rotatable bonds is 5. The van der Waals surface area contributed by atoms with Crippen LogP contribution >= 0.6 is 0 Å². The second-order valence-corrected chi connectivity index (χ2v) is 6.52. The zero-order chi connectivity index (χ0) is 18.4. The van der Waals surface area contributed by atoms with Crippen LogP contribution in [-0.4, -0.2) is 30.5 Å². The molecule has 0 aromatic heterocycles. The van der Waals surface area contributed by atoms with Gasteiger partial charge in [0.1, 0.15) is 11.6 Å². The van der Waals surface area contributed by atoms with Gasteiger partial charge in [-0.3, -0.25) is 4.79 Å². The average molecular weight is 352 g/mol. The lowest BCUT2D eigenvalue weighted by Crippen LogP contribution is -2.38. The third kappa shape index (κ3) is 4.60. The lowest BCUT2D eigenvalue weighted by Gasteiger charge is -2.32. The van der Waals surface area contributed by atoms with Gasteiger partial charge in [-0.05, 0) is 73.7 Å². The highest BCUT2D eigenvalue weighted by Crippen LogP contribution is 2.22. The minimum atomic E-state index is -0.267. The Labute approximate surface area is 152 Å². The molecule has 1 aliphatic rings. The molecule has 0 atom stereocenters. The van der Waals surface area contributed by atoms with Crippen molar-refractivity contribution in [3.05, 3.63) is 65.5 Å². The predicted molar refractivity (Wildman–Crippen MR) is 96.3 cm³/mol. The molecule has 26 heavy (non-hydrogen) atoms. The van der Waals surface area contributed by atoms with Gasteiger partial charge in [0.25, 0.3) is 5.91 Å². The Bertz CT molecular complexity index is 773.